The van der Waals surface area contributed by atoms with E-state index in [2.05, 4.69) is 0 Å². The number of rotatable bonds is 6. The van der Waals surface area contributed by atoms with E-state index in [0.29, 0.717) is 25.2 Å². The molecule has 2 fully saturated rings. The molecule has 2 aromatic rings. The van der Waals surface area contributed by atoms with Gasteiger partial charge in [-0.3, -0.25) is 9.59 Å². The summed E-state index contributed by atoms with van der Waals surface area (Å²) in [5.41, 5.74) is 6.24. The summed E-state index contributed by atoms with van der Waals surface area (Å²) < 4.78 is 22.0. The second kappa shape index (κ2) is 8.60. The summed E-state index contributed by atoms with van der Waals surface area (Å²) in [5.74, 6) is -0.977. The van der Waals surface area contributed by atoms with Crippen LogP contribution in [0.25, 0.3) is 10.9 Å². The molecule has 0 spiro atoms. The van der Waals surface area contributed by atoms with Gasteiger partial charge in [-0.1, -0.05) is 11.6 Å². The number of Topliss-reactive ketones (excluding diaryl/α,β-unsaturated/α-hetero) is 1. The molecule has 1 saturated heterocycles. The van der Waals surface area contributed by atoms with Crippen LogP contribution in [-0.2, 0) is 4.74 Å². The number of hydrogen-bond acceptors (Lipinski definition) is 5. The molecule has 1 atom stereocenters. The van der Waals surface area contributed by atoms with Gasteiger partial charge in [0.2, 0.25) is 0 Å². The third kappa shape index (κ3) is 4.01. The van der Waals surface area contributed by atoms with Gasteiger partial charge < -0.3 is 19.9 Å². The van der Waals surface area contributed by atoms with E-state index in [1.807, 2.05) is 9.47 Å². The Morgan fingerprint density at radius 3 is 2.69 bits per heavy atom. The first kappa shape index (κ1) is 22.0. The number of aromatic nitrogens is 1. The van der Waals surface area contributed by atoms with Crippen molar-refractivity contribution in [3.63, 3.8) is 0 Å². The smallest absolute Gasteiger partial charge is 0.200 e. The molecular weight excluding hydrogens is 420 g/mol. The number of carbonyl (C=O) groups is 1. The van der Waals surface area contributed by atoms with Crippen LogP contribution < -0.4 is 16.1 Å². The lowest BCUT2D eigenvalue weighted by atomic mass is 10.1. The maximum atomic E-state index is 15.0. The summed E-state index contributed by atoms with van der Waals surface area (Å²) in [5, 5.41) is 0.334. The fourth-order valence-electron chi connectivity index (χ4n) is 3.82. The lowest BCUT2D eigenvalue weighted by Crippen LogP contribution is -2.28. The quantitative estimate of drug-likeness (QED) is 0.692. The van der Waals surface area contributed by atoms with Gasteiger partial charge in [-0.05, 0) is 32.3 Å². The molecular formula is C20H24Cl2FN3O3. The number of ether oxygens (including phenoxy) is 1. The molecule has 1 aliphatic heterocycles. The van der Waals surface area contributed by atoms with Crippen LogP contribution in [0.2, 0.25) is 5.02 Å². The molecule has 1 saturated carbocycles. The second-order valence-electron chi connectivity index (χ2n) is 7.48. The Hall–Kier alpha value is -1.67. The Balaban J connectivity index is 0.00000240. The highest BCUT2D eigenvalue weighted by Crippen LogP contribution is 2.42. The molecule has 0 unspecified atom stereocenters. The molecule has 4 rings (SSSR count). The van der Waals surface area contributed by atoms with Crippen molar-refractivity contribution >= 4 is 46.4 Å². The molecule has 0 bridgehead atoms. The summed E-state index contributed by atoms with van der Waals surface area (Å²) in [6.07, 6.45) is 4.17. The normalized spacial score (nSPS) is 18.9. The maximum absolute atomic E-state index is 15.0. The molecule has 6 nitrogen and oxygen atoms in total. The summed E-state index contributed by atoms with van der Waals surface area (Å²) >= 11 is 6.65. The van der Waals surface area contributed by atoms with Crippen molar-refractivity contribution in [2.45, 2.75) is 38.3 Å². The Morgan fingerprint density at radius 1 is 1.38 bits per heavy atom. The molecule has 1 aromatic carbocycles. The van der Waals surface area contributed by atoms with Crippen LogP contribution >= 0.6 is 24.0 Å². The van der Waals surface area contributed by atoms with Crippen molar-refractivity contribution in [2.75, 3.05) is 31.2 Å². The second-order valence-corrected chi connectivity index (χ2v) is 7.86. The Bertz CT molecular complexity index is 1010. The molecule has 2 N–H and O–H groups in total. The van der Waals surface area contributed by atoms with Gasteiger partial charge in [-0.15, -0.1) is 12.4 Å². The Labute approximate surface area is 179 Å². The van der Waals surface area contributed by atoms with E-state index in [-0.39, 0.29) is 52.8 Å². The highest BCUT2D eigenvalue weighted by molar-refractivity contribution is 6.38. The van der Waals surface area contributed by atoms with Crippen molar-refractivity contribution < 1.29 is 13.9 Å². The van der Waals surface area contributed by atoms with Gasteiger partial charge in [0.05, 0.1) is 27.2 Å². The van der Waals surface area contributed by atoms with Gasteiger partial charge >= 0.3 is 0 Å². The van der Waals surface area contributed by atoms with E-state index in [0.717, 1.165) is 19.3 Å². The van der Waals surface area contributed by atoms with E-state index in [9.17, 15) is 14.0 Å². The summed E-state index contributed by atoms with van der Waals surface area (Å²) in [7, 11) is 0. The Kier molecular flexibility index (Phi) is 6.53. The number of nitrogens with zero attached hydrogens (tertiary/aromatic N) is 2. The first-order valence-electron chi connectivity index (χ1n) is 9.60. The zero-order valence-electron chi connectivity index (χ0n) is 16.1. The number of nitrogens with two attached hydrogens (primary N) is 1. The monoisotopic (exact) mass is 443 g/mol. The highest BCUT2D eigenvalue weighted by atomic mass is 35.5. The molecule has 0 amide bonds. The van der Waals surface area contributed by atoms with Crippen molar-refractivity contribution in [1.82, 2.24) is 4.57 Å². The Morgan fingerprint density at radius 2 is 2.10 bits per heavy atom. The van der Waals surface area contributed by atoms with Crippen molar-refractivity contribution in [3.05, 3.63) is 38.9 Å². The van der Waals surface area contributed by atoms with Crippen LogP contribution in [0.1, 0.15) is 42.6 Å². The minimum atomic E-state index is -0.569. The van der Waals surface area contributed by atoms with Crippen molar-refractivity contribution in [3.8, 4) is 0 Å². The minimum Gasteiger partial charge on any atom is -0.374 e. The number of carbonyl (C=O) groups excluding carboxylic acids is 1. The van der Waals surface area contributed by atoms with Gasteiger partial charge in [0.15, 0.2) is 11.2 Å². The fraction of sp³-hybridized carbons (Fsp3) is 0.500. The zero-order valence-corrected chi connectivity index (χ0v) is 17.7. The van der Waals surface area contributed by atoms with Crippen LogP contribution in [0.3, 0.4) is 0 Å². The predicted molar refractivity (Wildman–Crippen MR) is 114 cm³/mol. The van der Waals surface area contributed by atoms with Crippen LogP contribution in [-0.4, -0.2) is 42.7 Å². The molecule has 9 heteroatoms. The fourth-order valence-corrected chi connectivity index (χ4v) is 4.23. The SMILES string of the molecule is CCOCC(=O)c1cn(C2CC2)c2c(Cl)c(N3CC[C@@H](N)C3)c(F)cc2c1=O.Cl. The predicted octanol–water partition coefficient (Wildman–Crippen LogP) is 3.31. The van der Waals surface area contributed by atoms with E-state index < -0.39 is 17.0 Å². The number of ketones is 1. The third-order valence-corrected chi connectivity index (χ3v) is 5.76. The standard InChI is InChI=1S/C20H23ClFN3O3.ClH/c1-2-28-10-16(26)14-9-25(12-3-4-12)18-13(20(14)27)7-15(22)19(17(18)21)24-6-5-11(23)8-24;/h7,9,11-12H,2-6,8,10,23H2,1H3;1H/t11-;/m1./s1. The van der Waals surface area contributed by atoms with Gasteiger partial charge in [0.1, 0.15) is 12.4 Å². The molecule has 29 heavy (non-hydrogen) atoms. The number of fused-ring (bicyclic) bond motifs is 1. The first-order valence-corrected chi connectivity index (χ1v) is 9.98. The lowest BCUT2D eigenvalue weighted by molar-refractivity contribution is 0.0781. The van der Waals surface area contributed by atoms with Crippen LogP contribution in [0.15, 0.2) is 17.1 Å². The van der Waals surface area contributed by atoms with Crippen molar-refractivity contribution in [2.24, 2.45) is 5.73 Å². The summed E-state index contributed by atoms with van der Waals surface area (Å²) in [4.78, 5) is 27.3. The lowest BCUT2D eigenvalue weighted by Gasteiger charge is -2.23. The molecule has 1 aromatic heterocycles. The van der Waals surface area contributed by atoms with E-state index in [1.165, 1.54) is 6.07 Å². The summed E-state index contributed by atoms with van der Waals surface area (Å²) in [6.45, 7) is 3.10. The maximum Gasteiger partial charge on any atom is 0.200 e. The van der Waals surface area contributed by atoms with E-state index in [4.69, 9.17) is 22.1 Å². The minimum absolute atomic E-state index is 0. The average Bonchev–Trinajstić information content (AvgIpc) is 3.42. The molecule has 1 aliphatic carbocycles. The van der Waals surface area contributed by atoms with Gasteiger partial charge in [-0.25, -0.2) is 4.39 Å². The number of hydrogen-bond donors (Lipinski definition) is 1. The van der Waals surface area contributed by atoms with Crippen molar-refractivity contribution in [1.29, 1.82) is 0 Å². The number of anilines is 1. The van der Waals surface area contributed by atoms with Gasteiger partial charge in [-0.2, -0.15) is 0 Å². The van der Waals surface area contributed by atoms with Crippen LogP contribution in [0.5, 0.6) is 0 Å². The van der Waals surface area contributed by atoms with Gasteiger partial charge in [0.25, 0.3) is 0 Å². The number of benzene rings is 1. The average molecular weight is 444 g/mol. The molecule has 2 heterocycles. The zero-order chi connectivity index (χ0) is 20.0. The van der Waals surface area contributed by atoms with Gasteiger partial charge in [0, 0.05) is 38.0 Å². The molecule has 2 aliphatic rings. The third-order valence-electron chi connectivity index (χ3n) is 5.40. The summed E-state index contributed by atoms with van der Waals surface area (Å²) in [6, 6.07) is 1.33. The van der Waals surface area contributed by atoms with E-state index in [1.54, 1.807) is 13.1 Å². The largest absolute Gasteiger partial charge is 0.374 e. The topological polar surface area (TPSA) is 77.6 Å². The highest BCUT2D eigenvalue weighted by Gasteiger charge is 2.31. The molecule has 0 radical (unpaired) electrons. The van der Waals surface area contributed by atoms with E-state index >= 15 is 0 Å². The number of pyridine rings is 1. The van der Waals surface area contributed by atoms with Crippen LogP contribution in [0.4, 0.5) is 10.1 Å². The molecule has 158 valence electrons. The first-order chi connectivity index (χ1) is 13.4. The van der Waals surface area contributed by atoms with Crippen LogP contribution in [0, 0.1) is 5.82 Å². The number of halogens is 3.